The maximum atomic E-state index is 13.4. The fourth-order valence-electron chi connectivity index (χ4n) is 5.81. The lowest BCUT2D eigenvalue weighted by Crippen LogP contribution is -2.47. The third-order valence-electron chi connectivity index (χ3n) is 8.49. The van der Waals surface area contributed by atoms with Crippen molar-refractivity contribution >= 4 is 40.0 Å². The van der Waals surface area contributed by atoms with E-state index in [0.29, 0.717) is 46.8 Å². The third kappa shape index (κ3) is 8.78. The number of piperazine rings is 1. The molecule has 1 fully saturated rings. The normalized spacial score (nSPS) is 13.5. The van der Waals surface area contributed by atoms with Crippen molar-refractivity contribution in [2.45, 2.75) is 46.1 Å². The largest absolute Gasteiger partial charge is 0.491 e. The zero-order valence-electron chi connectivity index (χ0n) is 27.8. The first-order valence-electron chi connectivity index (χ1n) is 16.2. The highest BCUT2D eigenvalue weighted by Crippen LogP contribution is 2.28. The first-order chi connectivity index (χ1) is 22.7. The van der Waals surface area contributed by atoms with Crippen LogP contribution in [0.4, 0.5) is 11.4 Å². The molecule has 4 aromatic rings. The summed E-state index contributed by atoms with van der Waals surface area (Å²) in [5, 5.41) is 6.83. The zero-order valence-corrected chi connectivity index (χ0v) is 27.8. The van der Waals surface area contributed by atoms with Crippen LogP contribution in [0.15, 0.2) is 60.7 Å². The number of aryl methyl sites for hydroxylation is 2. The Hall–Kier alpha value is -4.67. The molecule has 10 heteroatoms. The monoisotopic (exact) mass is 639 g/mol. The number of likely N-dealkylation sites (N-methyl/N-ethyl adjacent to an activating group) is 1. The minimum atomic E-state index is -0.302. The lowest BCUT2D eigenvalue weighted by molar-refractivity contribution is -0.132. The smallest absolute Gasteiger partial charge is 0.256 e. The number of fused-ring (bicyclic) bond motifs is 1. The van der Waals surface area contributed by atoms with Crippen molar-refractivity contribution in [3.8, 4) is 5.75 Å². The number of benzene rings is 3. The second kappa shape index (κ2) is 15.8. The van der Waals surface area contributed by atoms with Crippen LogP contribution in [-0.4, -0.2) is 79.4 Å². The Morgan fingerprint density at radius 1 is 0.851 bits per heavy atom. The molecule has 3 N–H and O–H groups in total. The number of nitrogens with one attached hydrogen (secondary N) is 3. The average Bonchev–Trinajstić information content (AvgIpc) is 3.45. The molecule has 5 rings (SSSR count). The number of hydrogen-bond donors (Lipinski definition) is 3. The highest BCUT2D eigenvalue weighted by Gasteiger charge is 2.19. The summed E-state index contributed by atoms with van der Waals surface area (Å²) < 4.78 is 11.5. The molecule has 10 nitrogen and oxygen atoms in total. The van der Waals surface area contributed by atoms with Crippen LogP contribution in [0.5, 0.6) is 5.75 Å². The van der Waals surface area contributed by atoms with E-state index < -0.39 is 0 Å². The maximum absolute atomic E-state index is 13.4. The van der Waals surface area contributed by atoms with E-state index >= 15 is 0 Å². The molecule has 1 aliphatic heterocycles. The standard InChI is InChI=1S/C37H45N5O5/c1-25-12-14-33(34(21-25)47-20-7-5-6-11-35(43)42-18-16-41(3)17-19-42)40-36(44)27-13-15-31(28(23-27)24-46-4)39-37(45)29-9-8-10-32-30(29)22-26(2)38-32/h8-10,12-15,21-23,38H,5-7,11,16-20,24H2,1-4H3,(H,39,45)(H,40,44). The molecule has 0 radical (unpaired) electrons. The molecule has 248 valence electrons. The van der Waals surface area contributed by atoms with E-state index in [0.717, 1.165) is 67.6 Å². The van der Waals surface area contributed by atoms with Gasteiger partial charge in [-0.2, -0.15) is 0 Å². The number of aromatic nitrogens is 1. The second-order valence-corrected chi connectivity index (χ2v) is 12.3. The Balaban J connectivity index is 1.17. The lowest BCUT2D eigenvalue weighted by Gasteiger charge is -2.32. The molecule has 3 aromatic carbocycles. The number of ether oxygens (including phenoxy) is 2. The van der Waals surface area contributed by atoms with Gasteiger partial charge in [0.2, 0.25) is 5.91 Å². The lowest BCUT2D eigenvalue weighted by atomic mass is 10.1. The van der Waals surface area contributed by atoms with E-state index in [1.807, 2.05) is 55.1 Å². The number of rotatable bonds is 13. The minimum absolute atomic E-state index is 0.212. The predicted molar refractivity (Wildman–Crippen MR) is 185 cm³/mol. The maximum Gasteiger partial charge on any atom is 0.256 e. The summed E-state index contributed by atoms with van der Waals surface area (Å²) in [5.74, 6) is 0.286. The average molecular weight is 640 g/mol. The molecule has 2 heterocycles. The van der Waals surface area contributed by atoms with Crippen LogP contribution in [-0.2, 0) is 16.1 Å². The second-order valence-electron chi connectivity index (χ2n) is 12.3. The van der Waals surface area contributed by atoms with E-state index in [1.165, 1.54) is 0 Å². The quantitative estimate of drug-likeness (QED) is 0.151. The summed E-state index contributed by atoms with van der Waals surface area (Å²) >= 11 is 0. The van der Waals surface area contributed by atoms with Gasteiger partial charge in [0.05, 0.1) is 18.9 Å². The van der Waals surface area contributed by atoms with Crippen molar-refractivity contribution in [3.05, 3.63) is 88.6 Å². The Labute approximate surface area is 276 Å². The molecule has 0 spiro atoms. The number of carbonyl (C=O) groups excluding carboxylic acids is 3. The van der Waals surface area contributed by atoms with Crippen molar-refractivity contribution in [2.75, 3.05) is 57.6 Å². The van der Waals surface area contributed by atoms with E-state index in [1.54, 1.807) is 31.4 Å². The van der Waals surface area contributed by atoms with Crippen LogP contribution in [0.2, 0.25) is 0 Å². The number of methoxy groups -OCH3 is 1. The van der Waals surface area contributed by atoms with Crippen LogP contribution in [0, 0.1) is 13.8 Å². The van der Waals surface area contributed by atoms with Crippen LogP contribution in [0.1, 0.15) is 63.2 Å². The molecule has 0 saturated carbocycles. The number of unbranched alkanes of at least 4 members (excludes halogenated alkanes) is 2. The van der Waals surface area contributed by atoms with Crippen molar-refractivity contribution in [3.63, 3.8) is 0 Å². The number of nitrogens with zero attached hydrogens (tertiary/aromatic N) is 2. The summed E-state index contributed by atoms with van der Waals surface area (Å²) in [5.41, 5.74) is 5.70. The predicted octanol–water partition coefficient (Wildman–Crippen LogP) is 6.15. The number of H-pyrrole nitrogens is 1. The molecular formula is C37H45N5O5. The highest BCUT2D eigenvalue weighted by molar-refractivity contribution is 6.13. The van der Waals surface area contributed by atoms with Gasteiger partial charge < -0.3 is 34.9 Å². The summed E-state index contributed by atoms with van der Waals surface area (Å²) in [4.78, 5) is 46.7. The molecule has 3 amide bonds. The Morgan fingerprint density at radius 3 is 2.40 bits per heavy atom. The van der Waals surface area contributed by atoms with Gasteiger partial charge in [-0.3, -0.25) is 14.4 Å². The van der Waals surface area contributed by atoms with Gasteiger partial charge >= 0.3 is 0 Å². The summed E-state index contributed by atoms with van der Waals surface area (Å²) in [6.07, 6.45) is 3.08. The van der Waals surface area contributed by atoms with Crippen LogP contribution < -0.4 is 15.4 Å². The van der Waals surface area contributed by atoms with E-state index in [2.05, 4.69) is 27.6 Å². The van der Waals surface area contributed by atoms with Gasteiger partial charge in [-0.05, 0) is 94.3 Å². The van der Waals surface area contributed by atoms with E-state index in [9.17, 15) is 14.4 Å². The van der Waals surface area contributed by atoms with Crippen molar-refractivity contribution in [2.24, 2.45) is 0 Å². The van der Waals surface area contributed by atoms with Crippen LogP contribution in [0.25, 0.3) is 10.9 Å². The SMILES string of the molecule is COCc1cc(C(=O)Nc2ccc(C)cc2OCCCCCC(=O)N2CCN(C)CC2)ccc1NC(=O)c1cccc2[nH]c(C)cc12. The molecule has 0 aliphatic carbocycles. The zero-order chi connectivity index (χ0) is 33.3. The number of aromatic amines is 1. The third-order valence-corrected chi connectivity index (χ3v) is 8.49. The summed E-state index contributed by atoms with van der Waals surface area (Å²) in [7, 11) is 3.66. The van der Waals surface area contributed by atoms with Crippen LogP contribution >= 0.6 is 0 Å². The fourth-order valence-corrected chi connectivity index (χ4v) is 5.81. The first kappa shape index (κ1) is 33.7. The molecule has 1 saturated heterocycles. The van der Waals surface area contributed by atoms with Crippen molar-refractivity contribution in [1.29, 1.82) is 0 Å². The van der Waals surface area contributed by atoms with Gasteiger partial charge in [-0.15, -0.1) is 0 Å². The minimum Gasteiger partial charge on any atom is -0.491 e. The highest BCUT2D eigenvalue weighted by atomic mass is 16.5. The first-order valence-corrected chi connectivity index (χ1v) is 16.2. The van der Waals surface area contributed by atoms with Gasteiger partial charge in [0.1, 0.15) is 5.75 Å². The summed E-state index contributed by atoms with van der Waals surface area (Å²) in [6.45, 7) is 8.10. The molecule has 0 bridgehead atoms. The molecule has 0 atom stereocenters. The molecule has 1 aliphatic rings. The molecule has 0 unspecified atom stereocenters. The van der Waals surface area contributed by atoms with Crippen molar-refractivity contribution in [1.82, 2.24) is 14.8 Å². The topological polar surface area (TPSA) is 116 Å². The Kier molecular flexibility index (Phi) is 11.3. The number of hydrogen-bond acceptors (Lipinski definition) is 6. The molecule has 1 aromatic heterocycles. The van der Waals surface area contributed by atoms with Crippen molar-refractivity contribution < 1.29 is 23.9 Å². The van der Waals surface area contributed by atoms with Gasteiger partial charge in [-0.1, -0.05) is 12.1 Å². The van der Waals surface area contributed by atoms with Gasteiger partial charge in [0.15, 0.2) is 0 Å². The number of carbonyl (C=O) groups is 3. The molecule has 47 heavy (non-hydrogen) atoms. The van der Waals surface area contributed by atoms with Gasteiger partial charge in [0.25, 0.3) is 11.8 Å². The molecular weight excluding hydrogens is 594 g/mol. The van der Waals surface area contributed by atoms with Gasteiger partial charge in [0, 0.05) is 78.7 Å². The Bertz CT molecular complexity index is 1720. The van der Waals surface area contributed by atoms with E-state index in [-0.39, 0.29) is 24.3 Å². The Morgan fingerprint density at radius 2 is 1.62 bits per heavy atom. The van der Waals surface area contributed by atoms with E-state index in [4.69, 9.17) is 9.47 Å². The number of anilines is 2. The number of amides is 3. The van der Waals surface area contributed by atoms with Gasteiger partial charge in [-0.25, -0.2) is 0 Å². The van der Waals surface area contributed by atoms with Crippen LogP contribution in [0.3, 0.4) is 0 Å². The summed E-state index contributed by atoms with van der Waals surface area (Å²) in [6, 6.07) is 18.3. The fraction of sp³-hybridized carbons (Fsp3) is 0.378.